The van der Waals surface area contributed by atoms with Crippen molar-refractivity contribution in [1.82, 2.24) is 4.98 Å². The minimum absolute atomic E-state index is 0.698. The highest BCUT2D eigenvalue weighted by atomic mass is 79.9. The van der Waals surface area contributed by atoms with Crippen molar-refractivity contribution in [2.24, 2.45) is 5.92 Å². The van der Waals surface area contributed by atoms with Crippen LogP contribution in [0.2, 0.25) is 0 Å². The lowest BCUT2D eigenvalue weighted by molar-refractivity contribution is 0.557. The topological polar surface area (TPSA) is 16.1 Å². The van der Waals surface area contributed by atoms with Gasteiger partial charge in [-0.15, -0.1) is 0 Å². The lowest BCUT2D eigenvalue weighted by Gasteiger charge is -2.23. The highest BCUT2D eigenvalue weighted by Crippen LogP contribution is 2.26. The molecular weight excluding hydrogens is 252 g/mol. The van der Waals surface area contributed by atoms with Gasteiger partial charge in [0.25, 0.3) is 0 Å². The number of hydrogen-bond donors (Lipinski definition) is 0. The Labute approximate surface area is 101 Å². The van der Waals surface area contributed by atoms with Crippen molar-refractivity contribution in [3.63, 3.8) is 0 Å². The molecular formula is C12H19BrN2. The average Bonchev–Trinajstić information content (AvgIpc) is 2.21. The van der Waals surface area contributed by atoms with E-state index in [9.17, 15) is 0 Å². The summed E-state index contributed by atoms with van der Waals surface area (Å²) >= 11 is 3.59. The van der Waals surface area contributed by atoms with Gasteiger partial charge in [-0.25, -0.2) is 4.98 Å². The smallest absolute Gasteiger partial charge is 0.142 e. The van der Waals surface area contributed by atoms with E-state index < -0.39 is 0 Å². The Kier molecular flexibility index (Phi) is 4.58. The summed E-state index contributed by atoms with van der Waals surface area (Å²) in [6.07, 6.45) is 3.07. The van der Waals surface area contributed by atoms with E-state index in [4.69, 9.17) is 0 Å². The Hall–Kier alpha value is -0.570. The summed E-state index contributed by atoms with van der Waals surface area (Å²) in [5.74, 6) is 1.74. The van der Waals surface area contributed by atoms with Crippen molar-refractivity contribution in [2.45, 2.75) is 27.2 Å². The lowest BCUT2D eigenvalue weighted by Crippen LogP contribution is -2.25. The van der Waals surface area contributed by atoms with E-state index in [0.717, 1.165) is 16.8 Å². The fourth-order valence-electron chi connectivity index (χ4n) is 1.48. The minimum Gasteiger partial charge on any atom is -0.358 e. The molecule has 0 aliphatic carbocycles. The van der Waals surface area contributed by atoms with Crippen LogP contribution in [0.5, 0.6) is 0 Å². The standard InChI is InChI=1S/C12H19BrN2/c1-5-9(2)8-15(4)12-11(13)10(3)6-7-14-12/h6-7,9H,5,8H2,1-4H3. The largest absolute Gasteiger partial charge is 0.358 e. The van der Waals surface area contributed by atoms with Gasteiger partial charge in [-0.05, 0) is 40.4 Å². The zero-order chi connectivity index (χ0) is 11.4. The molecule has 0 saturated carbocycles. The summed E-state index contributed by atoms with van der Waals surface area (Å²) in [6, 6.07) is 2.02. The quantitative estimate of drug-likeness (QED) is 0.831. The van der Waals surface area contributed by atoms with Crippen molar-refractivity contribution in [3.05, 3.63) is 22.3 Å². The molecule has 0 aliphatic heterocycles. The van der Waals surface area contributed by atoms with Crippen LogP contribution in [0.4, 0.5) is 5.82 Å². The third-order valence-corrected chi connectivity index (χ3v) is 3.69. The minimum atomic E-state index is 0.698. The maximum Gasteiger partial charge on any atom is 0.142 e. The Bertz CT molecular complexity index is 325. The molecule has 0 saturated heterocycles. The molecule has 0 spiro atoms. The van der Waals surface area contributed by atoms with Crippen LogP contribution in [0.15, 0.2) is 16.7 Å². The molecule has 1 unspecified atom stereocenters. The molecule has 0 fully saturated rings. The van der Waals surface area contributed by atoms with E-state index in [1.165, 1.54) is 12.0 Å². The number of pyridine rings is 1. The maximum absolute atomic E-state index is 4.41. The first-order chi connectivity index (χ1) is 7.06. The van der Waals surface area contributed by atoms with Crippen molar-refractivity contribution in [2.75, 3.05) is 18.5 Å². The first-order valence-electron chi connectivity index (χ1n) is 5.38. The predicted octanol–water partition coefficient (Wildman–Crippen LogP) is 3.63. The van der Waals surface area contributed by atoms with Crippen LogP contribution in [0, 0.1) is 12.8 Å². The number of rotatable bonds is 4. The zero-order valence-corrected chi connectivity index (χ0v) is 11.5. The number of halogens is 1. The molecule has 0 aliphatic rings. The summed E-state index contributed by atoms with van der Waals surface area (Å²) < 4.78 is 1.11. The van der Waals surface area contributed by atoms with Crippen molar-refractivity contribution < 1.29 is 0 Å². The fourth-order valence-corrected chi connectivity index (χ4v) is 2.01. The number of aromatic nitrogens is 1. The van der Waals surface area contributed by atoms with Gasteiger partial charge in [0.1, 0.15) is 5.82 Å². The summed E-state index contributed by atoms with van der Waals surface area (Å²) in [4.78, 5) is 6.62. The van der Waals surface area contributed by atoms with Crippen molar-refractivity contribution >= 4 is 21.7 Å². The first-order valence-corrected chi connectivity index (χ1v) is 6.17. The van der Waals surface area contributed by atoms with E-state index in [1.807, 2.05) is 12.3 Å². The van der Waals surface area contributed by atoms with Gasteiger partial charge in [0, 0.05) is 19.8 Å². The van der Waals surface area contributed by atoms with Gasteiger partial charge >= 0.3 is 0 Å². The van der Waals surface area contributed by atoms with Crippen LogP contribution in [0.25, 0.3) is 0 Å². The van der Waals surface area contributed by atoms with Gasteiger partial charge in [-0.3, -0.25) is 0 Å². The number of hydrogen-bond acceptors (Lipinski definition) is 2. The molecule has 0 radical (unpaired) electrons. The van der Waals surface area contributed by atoms with Gasteiger partial charge < -0.3 is 4.90 Å². The Morgan fingerprint density at radius 1 is 1.53 bits per heavy atom. The van der Waals surface area contributed by atoms with E-state index >= 15 is 0 Å². The van der Waals surface area contributed by atoms with Crippen molar-refractivity contribution in [1.29, 1.82) is 0 Å². The van der Waals surface area contributed by atoms with Crippen LogP contribution < -0.4 is 4.90 Å². The van der Waals surface area contributed by atoms with Crippen molar-refractivity contribution in [3.8, 4) is 0 Å². The third kappa shape index (κ3) is 3.20. The molecule has 15 heavy (non-hydrogen) atoms. The van der Waals surface area contributed by atoms with Gasteiger partial charge in [-0.2, -0.15) is 0 Å². The molecule has 0 aromatic carbocycles. The van der Waals surface area contributed by atoms with Gasteiger partial charge in [0.15, 0.2) is 0 Å². The van der Waals surface area contributed by atoms with Gasteiger partial charge in [-0.1, -0.05) is 20.3 Å². The molecule has 2 nitrogen and oxygen atoms in total. The summed E-state index contributed by atoms with van der Waals surface area (Å²) in [6.45, 7) is 7.62. The second kappa shape index (κ2) is 5.50. The number of nitrogens with zero attached hydrogens (tertiary/aromatic N) is 2. The van der Waals surface area contributed by atoms with E-state index in [2.05, 4.69) is 53.6 Å². The second-order valence-electron chi connectivity index (χ2n) is 4.16. The summed E-state index contributed by atoms with van der Waals surface area (Å²) in [5, 5.41) is 0. The Morgan fingerprint density at radius 3 is 2.80 bits per heavy atom. The van der Waals surface area contributed by atoms with E-state index in [-0.39, 0.29) is 0 Å². The lowest BCUT2D eigenvalue weighted by atomic mass is 10.1. The second-order valence-corrected chi connectivity index (χ2v) is 4.95. The van der Waals surface area contributed by atoms with Crippen LogP contribution >= 0.6 is 15.9 Å². The Balaban J connectivity index is 2.82. The fraction of sp³-hybridized carbons (Fsp3) is 0.583. The molecule has 1 aromatic heterocycles. The molecule has 0 bridgehead atoms. The predicted molar refractivity (Wildman–Crippen MR) is 69.4 cm³/mol. The highest BCUT2D eigenvalue weighted by Gasteiger charge is 2.11. The normalized spacial score (nSPS) is 12.6. The monoisotopic (exact) mass is 270 g/mol. The van der Waals surface area contributed by atoms with E-state index in [0.29, 0.717) is 5.92 Å². The summed E-state index contributed by atoms with van der Waals surface area (Å²) in [7, 11) is 2.10. The molecule has 0 N–H and O–H groups in total. The van der Waals surface area contributed by atoms with Gasteiger partial charge in [0.05, 0.1) is 4.47 Å². The average molecular weight is 271 g/mol. The first kappa shape index (κ1) is 12.5. The number of anilines is 1. The molecule has 1 aromatic rings. The van der Waals surface area contributed by atoms with E-state index in [1.54, 1.807) is 0 Å². The molecule has 1 rings (SSSR count). The molecule has 0 amide bonds. The third-order valence-electron chi connectivity index (χ3n) is 2.71. The molecule has 84 valence electrons. The molecule has 1 heterocycles. The molecule has 1 atom stereocenters. The highest BCUT2D eigenvalue weighted by molar-refractivity contribution is 9.10. The van der Waals surface area contributed by atoms with Crippen LogP contribution in [-0.2, 0) is 0 Å². The summed E-state index contributed by atoms with van der Waals surface area (Å²) in [5.41, 5.74) is 1.23. The van der Waals surface area contributed by atoms with Crippen LogP contribution in [-0.4, -0.2) is 18.6 Å². The maximum atomic E-state index is 4.41. The Morgan fingerprint density at radius 2 is 2.20 bits per heavy atom. The zero-order valence-electron chi connectivity index (χ0n) is 9.92. The molecule has 3 heteroatoms. The SMILES string of the molecule is CCC(C)CN(C)c1nccc(C)c1Br. The van der Waals surface area contributed by atoms with Gasteiger partial charge in [0.2, 0.25) is 0 Å². The van der Waals surface area contributed by atoms with Crippen LogP contribution in [0.3, 0.4) is 0 Å². The number of aryl methyl sites for hydroxylation is 1. The van der Waals surface area contributed by atoms with Crippen LogP contribution in [0.1, 0.15) is 25.8 Å².